The molecular formula is C21H23N3O3. The van der Waals surface area contributed by atoms with E-state index in [2.05, 4.69) is 24.2 Å². The minimum Gasteiger partial charge on any atom is -0.445 e. The third-order valence-electron chi connectivity index (χ3n) is 5.25. The van der Waals surface area contributed by atoms with Crippen LogP contribution in [0.5, 0.6) is 0 Å². The zero-order valence-corrected chi connectivity index (χ0v) is 15.5. The first-order valence-electron chi connectivity index (χ1n) is 9.23. The number of para-hydroxylation sites is 3. The maximum absolute atomic E-state index is 13.2. The molecule has 4 rings (SSSR count). The van der Waals surface area contributed by atoms with Gasteiger partial charge in [0.2, 0.25) is 0 Å². The Morgan fingerprint density at radius 2 is 1.81 bits per heavy atom. The first-order valence-corrected chi connectivity index (χ1v) is 9.23. The summed E-state index contributed by atoms with van der Waals surface area (Å²) in [6.07, 6.45) is 0.213. The van der Waals surface area contributed by atoms with Gasteiger partial charge in [-0.2, -0.15) is 0 Å². The Morgan fingerprint density at radius 3 is 2.59 bits per heavy atom. The van der Waals surface area contributed by atoms with E-state index in [1.165, 1.54) is 4.90 Å². The van der Waals surface area contributed by atoms with Crippen LogP contribution in [-0.4, -0.2) is 43.1 Å². The number of ether oxygens (including phenoxy) is 1. The molecule has 0 unspecified atom stereocenters. The van der Waals surface area contributed by atoms with Crippen molar-refractivity contribution in [3.8, 4) is 0 Å². The first kappa shape index (κ1) is 17.5. The molecule has 2 amide bonds. The molecule has 2 aliphatic heterocycles. The van der Waals surface area contributed by atoms with Gasteiger partial charge in [-0.3, -0.25) is 4.79 Å². The van der Waals surface area contributed by atoms with E-state index >= 15 is 0 Å². The molecule has 2 aliphatic rings. The Morgan fingerprint density at radius 1 is 1.11 bits per heavy atom. The maximum atomic E-state index is 13.2. The Hall–Kier alpha value is -2.86. The number of hydrogen-bond acceptors (Lipinski definition) is 4. The fraction of sp³-hybridized carbons (Fsp3) is 0.333. The summed E-state index contributed by atoms with van der Waals surface area (Å²) in [5.41, 5.74) is 2.18. The lowest BCUT2D eigenvalue weighted by molar-refractivity contribution is 0.0262. The largest absolute Gasteiger partial charge is 0.445 e. The molecule has 0 bridgehead atoms. The molecule has 2 atom stereocenters. The van der Waals surface area contributed by atoms with E-state index in [9.17, 15) is 9.59 Å². The van der Waals surface area contributed by atoms with E-state index in [1.807, 2.05) is 24.3 Å². The van der Waals surface area contributed by atoms with Crippen LogP contribution in [0.3, 0.4) is 0 Å². The number of hydrogen-bond donors (Lipinski definition) is 1. The second-order valence-corrected chi connectivity index (χ2v) is 7.27. The van der Waals surface area contributed by atoms with Crippen LogP contribution in [0.4, 0.5) is 21.9 Å². The van der Waals surface area contributed by atoms with Gasteiger partial charge in [0.15, 0.2) is 0 Å². The zero-order valence-electron chi connectivity index (χ0n) is 15.5. The number of likely N-dealkylation sites (tertiary alicyclic amines) is 1. The van der Waals surface area contributed by atoms with Crippen molar-refractivity contribution in [1.29, 1.82) is 0 Å². The number of amides is 2. The summed E-state index contributed by atoms with van der Waals surface area (Å²) in [5.74, 6) is 0.0194. The quantitative estimate of drug-likeness (QED) is 0.833. The highest BCUT2D eigenvalue weighted by Gasteiger charge is 2.34. The molecule has 0 aliphatic carbocycles. The zero-order chi connectivity index (χ0) is 19.0. The van der Waals surface area contributed by atoms with Crippen LogP contribution in [0, 0.1) is 5.92 Å². The van der Waals surface area contributed by atoms with Crippen LogP contribution in [0.15, 0.2) is 48.5 Å². The summed E-state index contributed by atoms with van der Waals surface area (Å²) in [7, 11) is 2.08. The topological polar surface area (TPSA) is 61.9 Å². The third kappa shape index (κ3) is 3.28. The summed E-state index contributed by atoms with van der Waals surface area (Å²) < 4.78 is 5.92. The van der Waals surface area contributed by atoms with Gasteiger partial charge in [0.1, 0.15) is 6.10 Å². The normalized spacial score (nSPS) is 22.3. The molecular weight excluding hydrogens is 342 g/mol. The predicted octanol–water partition coefficient (Wildman–Crippen LogP) is 3.87. The fourth-order valence-electron chi connectivity index (χ4n) is 3.84. The molecule has 1 saturated heterocycles. The Balaban J connectivity index is 1.71. The maximum Gasteiger partial charge on any atom is 0.419 e. The van der Waals surface area contributed by atoms with E-state index < -0.39 is 6.09 Å². The lowest BCUT2D eigenvalue weighted by atomic mass is 9.97. The summed E-state index contributed by atoms with van der Waals surface area (Å²) in [6.45, 7) is 3.89. The van der Waals surface area contributed by atoms with Crippen molar-refractivity contribution in [2.45, 2.75) is 19.4 Å². The number of piperidine rings is 1. The molecule has 2 aromatic carbocycles. The highest BCUT2D eigenvalue weighted by Crippen LogP contribution is 2.38. The summed E-state index contributed by atoms with van der Waals surface area (Å²) in [5, 5.41) is 2.89. The predicted molar refractivity (Wildman–Crippen MR) is 105 cm³/mol. The smallest absolute Gasteiger partial charge is 0.419 e. The standard InChI is InChI=1S/C21H23N3O3/c1-14-13-23(2)12-11-19(14)27-21(26)24-17-9-5-3-7-15(17)20(25)22-16-8-4-6-10-18(16)24/h3-10,14,19H,11-13H2,1-2H3,(H,22,25)/t14-,19-/m1/s1. The number of benzene rings is 2. The van der Waals surface area contributed by atoms with Crippen LogP contribution >= 0.6 is 0 Å². The molecule has 0 spiro atoms. The number of nitrogens with zero attached hydrogens (tertiary/aromatic N) is 2. The van der Waals surface area contributed by atoms with E-state index in [1.54, 1.807) is 24.3 Å². The second kappa shape index (κ2) is 7.04. The lowest BCUT2D eigenvalue weighted by Crippen LogP contribution is -2.43. The van der Waals surface area contributed by atoms with Gasteiger partial charge in [0.05, 0.1) is 22.6 Å². The minimum absolute atomic E-state index is 0.139. The van der Waals surface area contributed by atoms with Crippen molar-refractivity contribution < 1.29 is 14.3 Å². The highest BCUT2D eigenvalue weighted by atomic mass is 16.6. The van der Waals surface area contributed by atoms with Crippen molar-refractivity contribution in [1.82, 2.24) is 4.90 Å². The summed E-state index contributed by atoms with van der Waals surface area (Å²) in [6, 6.07) is 14.4. The number of rotatable bonds is 1. The van der Waals surface area contributed by atoms with Gasteiger partial charge in [-0.05, 0) is 37.7 Å². The molecule has 6 heteroatoms. The van der Waals surface area contributed by atoms with Crippen molar-refractivity contribution in [2.24, 2.45) is 5.92 Å². The molecule has 0 aromatic heterocycles. The van der Waals surface area contributed by atoms with Gasteiger partial charge in [-0.15, -0.1) is 0 Å². The van der Waals surface area contributed by atoms with Crippen LogP contribution in [0.2, 0.25) is 0 Å². The Bertz CT molecular complexity index is 882. The van der Waals surface area contributed by atoms with Crippen molar-refractivity contribution in [3.63, 3.8) is 0 Å². The van der Waals surface area contributed by atoms with Crippen molar-refractivity contribution >= 4 is 29.1 Å². The molecule has 6 nitrogen and oxygen atoms in total. The number of nitrogens with one attached hydrogen (secondary N) is 1. The van der Waals surface area contributed by atoms with E-state index in [-0.39, 0.29) is 17.9 Å². The molecule has 1 N–H and O–H groups in total. The van der Waals surface area contributed by atoms with Gasteiger partial charge >= 0.3 is 6.09 Å². The summed E-state index contributed by atoms with van der Waals surface area (Å²) in [4.78, 5) is 29.6. The molecule has 140 valence electrons. The number of carbonyl (C=O) groups is 2. The lowest BCUT2D eigenvalue weighted by Gasteiger charge is -2.35. The third-order valence-corrected chi connectivity index (χ3v) is 5.25. The van der Waals surface area contributed by atoms with Crippen molar-refractivity contribution in [3.05, 3.63) is 54.1 Å². The van der Waals surface area contributed by atoms with Crippen molar-refractivity contribution in [2.75, 3.05) is 30.4 Å². The molecule has 0 saturated carbocycles. The number of anilines is 3. The van der Waals surface area contributed by atoms with Crippen LogP contribution in [0.1, 0.15) is 23.7 Å². The van der Waals surface area contributed by atoms with Gasteiger partial charge < -0.3 is 15.0 Å². The Labute approximate surface area is 158 Å². The molecule has 2 heterocycles. The van der Waals surface area contributed by atoms with Crippen LogP contribution in [-0.2, 0) is 4.74 Å². The van der Waals surface area contributed by atoms with Crippen LogP contribution < -0.4 is 10.2 Å². The molecule has 0 radical (unpaired) electrons. The van der Waals surface area contributed by atoms with Gasteiger partial charge in [-0.1, -0.05) is 31.2 Å². The van der Waals surface area contributed by atoms with E-state index in [0.717, 1.165) is 19.5 Å². The SMILES string of the molecule is C[C@@H]1CN(C)CC[C@H]1OC(=O)N1c2ccccc2NC(=O)c2ccccc21. The summed E-state index contributed by atoms with van der Waals surface area (Å²) >= 11 is 0. The fourth-order valence-corrected chi connectivity index (χ4v) is 3.84. The van der Waals surface area contributed by atoms with Gasteiger partial charge in [0.25, 0.3) is 5.91 Å². The van der Waals surface area contributed by atoms with E-state index in [4.69, 9.17) is 4.74 Å². The molecule has 1 fully saturated rings. The first-order chi connectivity index (χ1) is 13.0. The van der Waals surface area contributed by atoms with Crippen LogP contribution in [0.25, 0.3) is 0 Å². The molecule has 27 heavy (non-hydrogen) atoms. The van der Waals surface area contributed by atoms with E-state index in [0.29, 0.717) is 22.6 Å². The molecule has 2 aromatic rings. The average Bonchev–Trinajstić information content (AvgIpc) is 2.78. The Kier molecular flexibility index (Phi) is 4.58. The second-order valence-electron chi connectivity index (χ2n) is 7.27. The van der Waals surface area contributed by atoms with Gasteiger partial charge in [-0.25, -0.2) is 9.69 Å². The highest BCUT2D eigenvalue weighted by molar-refractivity contribution is 6.16. The monoisotopic (exact) mass is 365 g/mol. The minimum atomic E-state index is -0.451. The number of carbonyl (C=O) groups excluding carboxylic acids is 2. The van der Waals surface area contributed by atoms with Gasteiger partial charge in [0, 0.05) is 19.0 Å². The number of fused-ring (bicyclic) bond motifs is 2. The average molecular weight is 365 g/mol.